The van der Waals surface area contributed by atoms with E-state index < -0.39 is 0 Å². The van der Waals surface area contributed by atoms with Crippen LogP contribution in [0.4, 0.5) is 0 Å². The number of imide groups is 1. The number of rotatable bonds is 5. The van der Waals surface area contributed by atoms with Gasteiger partial charge in [0.25, 0.3) is 11.8 Å². The summed E-state index contributed by atoms with van der Waals surface area (Å²) in [4.78, 5) is 25.5. The van der Waals surface area contributed by atoms with Crippen LogP contribution < -0.4 is 4.74 Å². The van der Waals surface area contributed by atoms with Gasteiger partial charge in [-0.2, -0.15) is 10.1 Å². The average molecular weight is 455 g/mol. The minimum absolute atomic E-state index is 0.153. The van der Waals surface area contributed by atoms with Crippen LogP contribution in [0, 0.1) is 30.6 Å². The number of hydrogen-bond acceptors (Lipinski definition) is 4. The van der Waals surface area contributed by atoms with Crippen LogP contribution >= 0.6 is 23.2 Å². The number of fused-ring (bicyclic) bond motifs is 5. The fourth-order valence-electron chi connectivity index (χ4n) is 4.87. The smallest absolute Gasteiger partial charge is 0.254 e. The van der Waals surface area contributed by atoms with Gasteiger partial charge in [-0.05, 0) is 48.4 Å². The zero-order valence-electron chi connectivity index (χ0n) is 16.8. The van der Waals surface area contributed by atoms with Crippen molar-refractivity contribution < 1.29 is 14.3 Å². The number of nitrogens with zero attached hydrogens (tertiary/aromatic N) is 2. The fraction of sp³-hybridized carbons (Fsp3) is 0.292. The predicted molar refractivity (Wildman–Crippen MR) is 119 cm³/mol. The van der Waals surface area contributed by atoms with Crippen LogP contribution in [-0.2, 0) is 16.2 Å². The first-order valence-corrected chi connectivity index (χ1v) is 11.0. The van der Waals surface area contributed by atoms with Gasteiger partial charge in [0.15, 0.2) is 5.75 Å². The third-order valence-electron chi connectivity index (χ3n) is 6.26. The molecule has 158 valence electrons. The van der Waals surface area contributed by atoms with E-state index in [4.69, 9.17) is 27.9 Å². The first-order valence-electron chi connectivity index (χ1n) is 10.2. The van der Waals surface area contributed by atoms with Crippen molar-refractivity contribution in [3.8, 4) is 5.75 Å². The Labute approximate surface area is 190 Å². The summed E-state index contributed by atoms with van der Waals surface area (Å²) >= 11 is 12.8. The molecule has 0 N–H and O–H groups in total. The number of carbonyl (C=O) groups excluding carboxylic acids is 2. The van der Waals surface area contributed by atoms with Crippen LogP contribution in [0.15, 0.2) is 53.7 Å². The molecule has 1 saturated carbocycles. The normalized spacial score (nSPS) is 26.4. The first-order chi connectivity index (χ1) is 14.9. The highest BCUT2D eigenvalue weighted by Gasteiger charge is 2.59. The van der Waals surface area contributed by atoms with Crippen molar-refractivity contribution in [3.05, 3.63) is 75.3 Å². The predicted octanol–water partition coefficient (Wildman–Crippen LogP) is 5.02. The summed E-state index contributed by atoms with van der Waals surface area (Å²) in [5.41, 5.74) is 2.73. The molecule has 2 aromatic rings. The number of ether oxygens (including phenoxy) is 1. The first kappa shape index (κ1) is 20.3. The number of allylic oxidation sites excluding steroid dienone is 2. The molecule has 2 fully saturated rings. The third kappa shape index (κ3) is 3.56. The van der Waals surface area contributed by atoms with Crippen LogP contribution in [0.3, 0.4) is 0 Å². The summed E-state index contributed by atoms with van der Waals surface area (Å²) in [6.07, 6.45) is 6.44. The number of aryl methyl sites for hydroxylation is 1. The van der Waals surface area contributed by atoms with E-state index in [1.54, 1.807) is 12.1 Å². The minimum Gasteiger partial charge on any atom is -0.486 e. The Balaban J connectivity index is 1.31. The molecule has 5 rings (SSSR count). The van der Waals surface area contributed by atoms with Crippen LogP contribution in [0.25, 0.3) is 0 Å². The number of benzene rings is 2. The lowest BCUT2D eigenvalue weighted by atomic mass is 9.85. The van der Waals surface area contributed by atoms with E-state index in [1.165, 1.54) is 6.21 Å². The van der Waals surface area contributed by atoms with Crippen LogP contribution in [0.5, 0.6) is 5.75 Å². The van der Waals surface area contributed by atoms with Crippen molar-refractivity contribution in [1.82, 2.24) is 5.01 Å². The second kappa shape index (κ2) is 7.81. The maximum atomic E-state index is 12.7. The third-order valence-corrected chi connectivity index (χ3v) is 6.82. The molecule has 0 spiro atoms. The van der Waals surface area contributed by atoms with Crippen molar-refractivity contribution in [2.45, 2.75) is 20.0 Å². The van der Waals surface area contributed by atoms with Crippen molar-refractivity contribution in [2.75, 3.05) is 0 Å². The van der Waals surface area contributed by atoms with E-state index in [1.807, 2.05) is 31.2 Å². The van der Waals surface area contributed by atoms with Crippen LogP contribution in [0.1, 0.15) is 23.1 Å². The minimum atomic E-state index is -0.274. The van der Waals surface area contributed by atoms with Gasteiger partial charge in [-0.1, -0.05) is 65.2 Å². The van der Waals surface area contributed by atoms with Gasteiger partial charge in [0.1, 0.15) is 6.61 Å². The maximum Gasteiger partial charge on any atom is 0.254 e. The summed E-state index contributed by atoms with van der Waals surface area (Å²) in [5.74, 6) is -0.307. The molecule has 5 nitrogen and oxygen atoms in total. The lowest BCUT2D eigenvalue weighted by Gasteiger charge is -2.13. The molecular weight excluding hydrogens is 435 g/mol. The van der Waals surface area contributed by atoms with Gasteiger partial charge in [0, 0.05) is 0 Å². The molecule has 7 heteroatoms. The molecule has 0 radical (unpaired) electrons. The highest BCUT2D eigenvalue weighted by atomic mass is 35.5. The largest absolute Gasteiger partial charge is 0.486 e. The SMILES string of the molecule is Cc1cccc(COc2c(Cl)cc(C=NN3C(=O)C4C5C=CC(C5)C4C3=O)cc2Cl)c1. The highest BCUT2D eigenvalue weighted by Crippen LogP contribution is 2.52. The van der Waals surface area contributed by atoms with Crippen LogP contribution in [-0.4, -0.2) is 23.0 Å². The molecule has 3 aliphatic rings. The number of hydrazone groups is 1. The van der Waals surface area contributed by atoms with Crippen molar-refractivity contribution in [3.63, 3.8) is 0 Å². The lowest BCUT2D eigenvalue weighted by Crippen LogP contribution is -2.28. The maximum absolute atomic E-state index is 12.7. The van der Waals surface area contributed by atoms with E-state index in [0.717, 1.165) is 22.6 Å². The highest BCUT2D eigenvalue weighted by molar-refractivity contribution is 6.37. The Morgan fingerprint density at radius 1 is 1.06 bits per heavy atom. The fourth-order valence-corrected chi connectivity index (χ4v) is 5.49. The molecular formula is C24H20Cl2N2O3. The summed E-state index contributed by atoms with van der Waals surface area (Å²) in [6, 6.07) is 11.3. The number of hydrogen-bond donors (Lipinski definition) is 0. The Morgan fingerprint density at radius 3 is 2.32 bits per heavy atom. The number of carbonyl (C=O) groups is 2. The van der Waals surface area contributed by atoms with E-state index in [2.05, 4.69) is 17.3 Å². The molecule has 4 atom stereocenters. The van der Waals surface area contributed by atoms with Gasteiger partial charge in [-0.15, -0.1) is 0 Å². The second-order valence-electron chi connectivity index (χ2n) is 8.32. The molecule has 1 aliphatic heterocycles. The molecule has 2 amide bonds. The van der Waals surface area contributed by atoms with Gasteiger partial charge in [0.05, 0.1) is 28.1 Å². The van der Waals surface area contributed by atoms with Crippen molar-refractivity contribution in [2.24, 2.45) is 28.8 Å². The Morgan fingerprint density at radius 2 is 1.71 bits per heavy atom. The molecule has 1 heterocycles. The van der Waals surface area contributed by atoms with Gasteiger partial charge >= 0.3 is 0 Å². The monoisotopic (exact) mass is 454 g/mol. The molecule has 2 aromatic carbocycles. The lowest BCUT2D eigenvalue weighted by molar-refractivity contribution is -0.140. The Kier molecular flexibility index (Phi) is 5.11. The summed E-state index contributed by atoms with van der Waals surface area (Å²) in [6.45, 7) is 2.35. The zero-order chi connectivity index (χ0) is 21.7. The van der Waals surface area contributed by atoms with E-state index in [9.17, 15) is 9.59 Å². The zero-order valence-corrected chi connectivity index (χ0v) is 18.3. The summed E-state index contributed by atoms with van der Waals surface area (Å²) in [5, 5.41) is 5.84. The van der Waals surface area contributed by atoms with Gasteiger partial charge in [0.2, 0.25) is 0 Å². The van der Waals surface area contributed by atoms with Gasteiger partial charge < -0.3 is 4.74 Å². The average Bonchev–Trinajstić information content (AvgIpc) is 3.40. The van der Waals surface area contributed by atoms with Crippen molar-refractivity contribution >= 4 is 41.2 Å². The second-order valence-corrected chi connectivity index (χ2v) is 9.14. The van der Waals surface area contributed by atoms with Gasteiger partial charge in [-0.3, -0.25) is 9.59 Å². The van der Waals surface area contributed by atoms with Crippen molar-refractivity contribution in [1.29, 1.82) is 0 Å². The molecule has 2 aliphatic carbocycles. The molecule has 31 heavy (non-hydrogen) atoms. The molecule has 0 aromatic heterocycles. The van der Waals surface area contributed by atoms with E-state index in [-0.39, 0.29) is 35.5 Å². The van der Waals surface area contributed by atoms with E-state index in [0.29, 0.717) is 28.0 Å². The Hall–Kier alpha value is -2.63. The number of amides is 2. The topological polar surface area (TPSA) is 59.0 Å². The molecule has 1 saturated heterocycles. The molecule has 2 bridgehead atoms. The summed E-state index contributed by atoms with van der Waals surface area (Å²) in [7, 11) is 0. The van der Waals surface area contributed by atoms with Crippen LogP contribution in [0.2, 0.25) is 10.0 Å². The Bertz CT molecular complexity index is 1090. The summed E-state index contributed by atoms with van der Waals surface area (Å²) < 4.78 is 5.82. The van der Waals surface area contributed by atoms with Gasteiger partial charge in [-0.25, -0.2) is 0 Å². The van der Waals surface area contributed by atoms with E-state index >= 15 is 0 Å². The quantitative estimate of drug-likeness (QED) is 0.361. The number of halogens is 2. The standard InChI is InChI=1S/C24H20Cl2N2O3/c1-13-3-2-4-14(7-13)12-31-22-18(25)8-15(9-19(22)26)11-27-28-23(29)20-16-5-6-17(10-16)21(20)24(28)30/h2-9,11,16-17,20-21H,10,12H2,1H3. The molecule has 4 unspecified atom stereocenters.